The number of para-hydroxylation sites is 1. The summed E-state index contributed by atoms with van der Waals surface area (Å²) in [4.78, 5) is 23.6. The number of benzene rings is 2. The third-order valence-corrected chi connectivity index (χ3v) is 7.63. The molecule has 1 saturated heterocycles. The van der Waals surface area contributed by atoms with Gasteiger partial charge >= 0.3 is 12.6 Å². The van der Waals surface area contributed by atoms with Gasteiger partial charge in [-0.2, -0.15) is 13.9 Å². The van der Waals surface area contributed by atoms with Gasteiger partial charge < -0.3 is 9.64 Å². The second kappa shape index (κ2) is 11.7. The van der Waals surface area contributed by atoms with Crippen molar-refractivity contribution in [3.63, 3.8) is 0 Å². The van der Waals surface area contributed by atoms with Gasteiger partial charge in [0.1, 0.15) is 17.6 Å². The minimum absolute atomic E-state index is 0.136. The van der Waals surface area contributed by atoms with Gasteiger partial charge in [0.05, 0.1) is 12.2 Å². The average molecular weight is 609 g/mol. The number of nitrogens with zero attached hydrogens (tertiary/aromatic N) is 5. The summed E-state index contributed by atoms with van der Waals surface area (Å²) in [5, 5.41) is 9.24. The van der Waals surface area contributed by atoms with E-state index in [-0.39, 0.29) is 10.7 Å². The van der Waals surface area contributed by atoms with E-state index < -0.39 is 24.5 Å². The summed E-state index contributed by atoms with van der Waals surface area (Å²) in [7, 11) is 0. The Balaban J connectivity index is 1.42. The van der Waals surface area contributed by atoms with Crippen molar-refractivity contribution in [1.82, 2.24) is 25.0 Å². The number of aliphatic imine (C=N–C) groups is 1. The molecule has 0 radical (unpaired) electrons. The molecule has 0 saturated carbocycles. The third kappa shape index (κ3) is 5.60. The van der Waals surface area contributed by atoms with Crippen molar-refractivity contribution in [2.45, 2.75) is 19.0 Å². The normalized spacial score (nSPS) is 16.3. The minimum atomic E-state index is -2.84. The van der Waals surface area contributed by atoms with Crippen molar-refractivity contribution in [3.8, 4) is 5.75 Å². The zero-order valence-corrected chi connectivity index (χ0v) is 23.1. The van der Waals surface area contributed by atoms with Gasteiger partial charge in [-0.3, -0.25) is 10.3 Å². The number of alkyl halides is 2. The molecule has 1 fully saturated rings. The van der Waals surface area contributed by atoms with Gasteiger partial charge in [0, 0.05) is 52.3 Å². The number of hydrogen-bond acceptors (Lipinski definition) is 7. The maximum absolute atomic E-state index is 14.0. The number of carbonyl (C=O) groups excluding carboxylic acids is 1. The quantitative estimate of drug-likeness (QED) is 0.239. The number of fused-ring (bicyclic) bond motifs is 1. The topological polar surface area (TPSA) is 84.6 Å². The van der Waals surface area contributed by atoms with Crippen LogP contribution in [0.3, 0.4) is 0 Å². The molecule has 0 bridgehead atoms. The summed E-state index contributed by atoms with van der Waals surface area (Å²) >= 11 is 7.88. The molecule has 8 nitrogen and oxygen atoms in total. The van der Waals surface area contributed by atoms with Crippen molar-refractivity contribution < 1.29 is 22.7 Å². The fraction of sp³-hybridized carbons (Fsp3) is 0.138. The van der Waals surface area contributed by atoms with Crippen LogP contribution in [-0.4, -0.2) is 38.1 Å². The molecule has 6 rings (SSSR count). The fourth-order valence-corrected chi connectivity index (χ4v) is 5.66. The highest BCUT2D eigenvalue weighted by Gasteiger charge is 2.39. The molecule has 2 aliphatic rings. The molecular weight excluding hydrogens is 589 g/mol. The number of halogens is 4. The first-order valence-corrected chi connectivity index (χ1v) is 13.9. The summed E-state index contributed by atoms with van der Waals surface area (Å²) in [6.45, 7) is -2.50. The standard InChI is InChI=1S/C29H20ClF3N6O2S/c30-21-15-18(31)6-7-20(21)25-24(22-9-12-39(37-22)28(32)33)23-14-17(16-38(23)26(36-25)27-34-11-13-42-27)8-10-35-29(40)41-19-4-2-1-3-5-19/h1-7,9-13,15,25,28H,14,16H2,(H,35,40). The fourth-order valence-electron chi connectivity index (χ4n) is 4.75. The van der Waals surface area contributed by atoms with Crippen LogP contribution in [0.25, 0.3) is 5.57 Å². The number of hydrogen-bond donors (Lipinski definition) is 1. The number of nitrogens with one attached hydrogen (secondary N) is 1. The Bertz CT molecular complexity index is 1760. The van der Waals surface area contributed by atoms with Crippen molar-refractivity contribution >= 4 is 40.4 Å². The smallest absolute Gasteiger partial charge is 0.410 e. The van der Waals surface area contributed by atoms with Crippen LogP contribution in [0, 0.1) is 5.82 Å². The van der Waals surface area contributed by atoms with Gasteiger partial charge in [-0.25, -0.2) is 18.9 Å². The van der Waals surface area contributed by atoms with Gasteiger partial charge in [0.25, 0.3) is 0 Å². The van der Waals surface area contributed by atoms with Crippen LogP contribution < -0.4 is 10.1 Å². The maximum Gasteiger partial charge on any atom is 0.417 e. The molecule has 2 aliphatic heterocycles. The van der Waals surface area contributed by atoms with Crippen molar-refractivity contribution in [3.05, 3.63) is 123 Å². The van der Waals surface area contributed by atoms with E-state index in [4.69, 9.17) is 21.3 Å². The minimum Gasteiger partial charge on any atom is -0.410 e. The first-order valence-electron chi connectivity index (χ1n) is 12.6. The highest BCUT2D eigenvalue weighted by molar-refractivity contribution is 7.11. The molecule has 13 heteroatoms. The number of amides is 1. The van der Waals surface area contributed by atoms with Crippen LogP contribution in [0.4, 0.5) is 18.0 Å². The number of carbonyl (C=O) groups is 1. The van der Waals surface area contributed by atoms with Gasteiger partial charge in [-0.05, 0) is 35.9 Å². The number of ether oxygens (including phenoxy) is 1. The first kappa shape index (κ1) is 27.5. The van der Waals surface area contributed by atoms with Crippen LogP contribution in [0.5, 0.6) is 5.75 Å². The van der Waals surface area contributed by atoms with E-state index in [0.29, 0.717) is 45.4 Å². The highest BCUT2D eigenvalue weighted by Crippen LogP contribution is 2.47. The van der Waals surface area contributed by atoms with Gasteiger partial charge in [0.2, 0.25) is 0 Å². The molecule has 4 aromatic rings. The van der Waals surface area contributed by atoms with Crippen LogP contribution in [0.15, 0.2) is 101 Å². The lowest BCUT2D eigenvalue weighted by Crippen LogP contribution is -2.33. The van der Waals surface area contributed by atoms with Crippen molar-refractivity contribution in [1.29, 1.82) is 0 Å². The van der Waals surface area contributed by atoms with E-state index in [1.807, 2.05) is 16.3 Å². The lowest BCUT2D eigenvalue weighted by atomic mass is 9.92. The summed E-state index contributed by atoms with van der Waals surface area (Å²) in [6.07, 6.45) is 3.86. The monoisotopic (exact) mass is 608 g/mol. The number of allylic oxidation sites excluding steroid dienone is 1. The van der Waals surface area contributed by atoms with E-state index in [0.717, 1.165) is 11.3 Å². The lowest BCUT2D eigenvalue weighted by molar-refractivity contribution is 0.0564. The van der Waals surface area contributed by atoms with Crippen molar-refractivity contribution in [2.75, 3.05) is 6.54 Å². The molecule has 2 aromatic heterocycles. The maximum atomic E-state index is 14.0. The second-order valence-corrected chi connectivity index (χ2v) is 10.5. The average Bonchev–Trinajstić information content (AvgIpc) is 3.74. The molecule has 0 spiro atoms. The molecule has 2 aromatic carbocycles. The Labute approximate surface area is 246 Å². The predicted molar refractivity (Wildman–Crippen MR) is 152 cm³/mol. The third-order valence-electron chi connectivity index (χ3n) is 6.53. The summed E-state index contributed by atoms with van der Waals surface area (Å²) in [5.74, 6) is 0.411. The van der Waals surface area contributed by atoms with Gasteiger partial charge in [-0.15, -0.1) is 17.1 Å². The van der Waals surface area contributed by atoms with E-state index >= 15 is 0 Å². The Morgan fingerprint density at radius 3 is 2.76 bits per heavy atom. The first-order chi connectivity index (χ1) is 20.4. The molecular formula is C29H20ClF3N6O2S. The van der Waals surface area contributed by atoms with E-state index in [9.17, 15) is 18.0 Å². The SMILES string of the molecule is O=C(NC=C=C1CC2=C(c3ccn(C(F)F)n3)C(c3ccc(F)cc3Cl)N=C(c3nccs3)N2C1)Oc1ccccc1. The van der Waals surface area contributed by atoms with Crippen molar-refractivity contribution in [2.24, 2.45) is 4.99 Å². The Kier molecular flexibility index (Phi) is 7.66. The number of aromatic nitrogens is 3. The summed E-state index contributed by atoms with van der Waals surface area (Å²) in [5.41, 5.74) is 5.89. The van der Waals surface area contributed by atoms with E-state index in [2.05, 4.69) is 21.1 Å². The molecule has 1 atom stereocenters. The van der Waals surface area contributed by atoms with Gasteiger partial charge in [0.15, 0.2) is 10.8 Å². The molecule has 42 heavy (non-hydrogen) atoms. The molecule has 212 valence electrons. The Morgan fingerprint density at radius 2 is 2.05 bits per heavy atom. The number of thiazole rings is 1. The second-order valence-electron chi connectivity index (χ2n) is 9.18. The summed E-state index contributed by atoms with van der Waals surface area (Å²) in [6, 6.07) is 13.3. The molecule has 1 N–H and O–H groups in total. The molecule has 0 aliphatic carbocycles. The van der Waals surface area contributed by atoms with Crippen LogP contribution in [0.2, 0.25) is 5.02 Å². The Hall–Kier alpha value is -4.64. The molecule has 1 unspecified atom stereocenters. The van der Waals surface area contributed by atoms with Gasteiger partial charge in [-0.1, -0.05) is 35.9 Å². The summed E-state index contributed by atoms with van der Waals surface area (Å²) < 4.78 is 46.8. The molecule has 1 amide bonds. The van der Waals surface area contributed by atoms with E-state index in [1.54, 1.807) is 30.5 Å². The predicted octanol–water partition coefficient (Wildman–Crippen LogP) is 6.97. The zero-order chi connectivity index (χ0) is 29.2. The van der Waals surface area contributed by atoms with Crippen LogP contribution >= 0.6 is 22.9 Å². The highest BCUT2D eigenvalue weighted by atomic mass is 35.5. The number of rotatable bonds is 6. The lowest BCUT2D eigenvalue weighted by Gasteiger charge is -2.32. The largest absolute Gasteiger partial charge is 0.417 e. The molecule has 4 heterocycles. The van der Waals surface area contributed by atoms with Crippen LogP contribution in [0.1, 0.15) is 35.3 Å². The van der Waals surface area contributed by atoms with Crippen LogP contribution in [-0.2, 0) is 0 Å². The zero-order valence-electron chi connectivity index (χ0n) is 21.5. The van der Waals surface area contributed by atoms with E-state index in [1.165, 1.54) is 48.0 Å². The number of amidine groups is 1. The Morgan fingerprint density at radius 1 is 1.21 bits per heavy atom.